The number of hydrogen-bond acceptors (Lipinski definition) is 4. The predicted molar refractivity (Wildman–Crippen MR) is 80.7 cm³/mol. The standard InChI is InChI=1S/C15H26N2OS/c1-7-8-16-15(12-17-11(2)9-19-12)10-13(3,4)18-14(15,5)6/h9,16H,7-8,10H2,1-6H3. The molecule has 1 N–H and O–H groups in total. The molecule has 0 aliphatic carbocycles. The molecule has 1 aromatic rings. The molecule has 1 aromatic heterocycles. The van der Waals surface area contributed by atoms with Gasteiger partial charge in [0.15, 0.2) is 0 Å². The van der Waals surface area contributed by atoms with E-state index in [1.807, 2.05) is 0 Å². The van der Waals surface area contributed by atoms with E-state index in [2.05, 4.69) is 52.2 Å². The van der Waals surface area contributed by atoms with Gasteiger partial charge in [0, 0.05) is 17.5 Å². The van der Waals surface area contributed by atoms with Crippen LogP contribution in [0, 0.1) is 6.92 Å². The summed E-state index contributed by atoms with van der Waals surface area (Å²) in [6.07, 6.45) is 2.07. The second-order valence-corrected chi connectivity index (χ2v) is 7.53. The number of hydrogen-bond donors (Lipinski definition) is 1. The van der Waals surface area contributed by atoms with Crippen LogP contribution in [0.25, 0.3) is 0 Å². The molecule has 3 nitrogen and oxygen atoms in total. The van der Waals surface area contributed by atoms with Crippen LogP contribution in [0.5, 0.6) is 0 Å². The van der Waals surface area contributed by atoms with E-state index in [1.54, 1.807) is 11.3 Å². The molecule has 0 saturated carbocycles. The van der Waals surface area contributed by atoms with E-state index in [4.69, 9.17) is 9.72 Å². The van der Waals surface area contributed by atoms with Gasteiger partial charge in [-0.2, -0.15) is 0 Å². The molecule has 0 aromatic carbocycles. The fraction of sp³-hybridized carbons (Fsp3) is 0.800. The third-order valence-electron chi connectivity index (χ3n) is 3.91. The second-order valence-electron chi connectivity index (χ2n) is 6.67. The van der Waals surface area contributed by atoms with E-state index < -0.39 is 0 Å². The van der Waals surface area contributed by atoms with Crippen molar-refractivity contribution in [1.82, 2.24) is 10.3 Å². The first-order valence-corrected chi connectivity index (χ1v) is 7.98. The SMILES string of the molecule is CCCNC1(c2nc(C)cs2)CC(C)(C)OC1(C)C. The van der Waals surface area contributed by atoms with Gasteiger partial charge in [-0.3, -0.25) is 0 Å². The zero-order chi connectivity index (χ0) is 14.3. The molecule has 0 spiro atoms. The summed E-state index contributed by atoms with van der Waals surface area (Å²) in [5, 5.41) is 7.04. The Balaban J connectivity index is 2.46. The Kier molecular flexibility index (Phi) is 3.80. The first-order chi connectivity index (χ1) is 8.72. The number of nitrogens with one attached hydrogen (secondary N) is 1. The van der Waals surface area contributed by atoms with Crippen molar-refractivity contribution in [3.8, 4) is 0 Å². The zero-order valence-electron chi connectivity index (χ0n) is 13.0. The monoisotopic (exact) mass is 282 g/mol. The molecule has 0 radical (unpaired) electrons. The van der Waals surface area contributed by atoms with E-state index in [-0.39, 0.29) is 16.7 Å². The summed E-state index contributed by atoms with van der Waals surface area (Å²) in [6, 6.07) is 0. The molecule has 0 bridgehead atoms. The normalized spacial score (nSPS) is 28.7. The van der Waals surface area contributed by atoms with E-state index in [1.165, 1.54) is 0 Å². The van der Waals surface area contributed by atoms with Gasteiger partial charge in [0.05, 0.1) is 11.2 Å². The van der Waals surface area contributed by atoms with Crippen molar-refractivity contribution in [2.45, 2.75) is 71.1 Å². The topological polar surface area (TPSA) is 34.2 Å². The molecule has 4 heteroatoms. The molecule has 1 unspecified atom stereocenters. The predicted octanol–water partition coefficient (Wildman–Crippen LogP) is 3.62. The Morgan fingerprint density at radius 2 is 2.05 bits per heavy atom. The van der Waals surface area contributed by atoms with Crippen molar-refractivity contribution in [2.24, 2.45) is 0 Å². The van der Waals surface area contributed by atoms with E-state index in [9.17, 15) is 0 Å². The highest BCUT2D eigenvalue weighted by atomic mass is 32.1. The molecule has 1 aliphatic heterocycles. The number of aromatic nitrogens is 1. The number of rotatable bonds is 4. The molecule has 1 fully saturated rings. The summed E-state index contributed by atoms with van der Waals surface area (Å²) in [5.74, 6) is 0. The number of aryl methyl sites for hydroxylation is 1. The van der Waals surface area contributed by atoms with Crippen LogP contribution in [0.3, 0.4) is 0 Å². The molecule has 0 amide bonds. The number of thiazole rings is 1. The highest BCUT2D eigenvalue weighted by Gasteiger charge is 2.59. The average Bonchev–Trinajstić information content (AvgIpc) is 2.75. The van der Waals surface area contributed by atoms with Crippen molar-refractivity contribution in [1.29, 1.82) is 0 Å². The Morgan fingerprint density at radius 3 is 2.47 bits per heavy atom. The highest BCUT2D eigenvalue weighted by molar-refractivity contribution is 7.09. The lowest BCUT2D eigenvalue weighted by molar-refractivity contribution is -0.0843. The zero-order valence-corrected chi connectivity index (χ0v) is 13.8. The fourth-order valence-electron chi connectivity index (χ4n) is 3.24. The van der Waals surface area contributed by atoms with Crippen LogP contribution in [0.2, 0.25) is 0 Å². The van der Waals surface area contributed by atoms with Gasteiger partial charge in [-0.25, -0.2) is 4.98 Å². The maximum Gasteiger partial charge on any atom is 0.116 e. The maximum atomic E-state index is 6.32. The van der Waals surface area contributed by atoms with Gasteiger partial charge in [-0.05, 0) is 47.6 Å². The third-order valence-corrected chi connectivity index (χ3v) is 5.03. The van der Waals surface area contributed by atoms with Gasteiger partial charge in [0.1, 0.15) is 10.5 Å². The fourth-order valence-corrected chi connectivity index (χ4v) is 4.36. The van der Waals surface area contributed by atoms with Crippen LogP contribution in [0.4, 0.5) is 0 Å². The maximum absolute atomic E-state index is 6.32. The average molecular weight is 282 g/mol. The molecule has 1 aliphatic rings. The van der Waals surface area contributed by atoms with Crippen LogP contribution < -0.4 is 5.32 Å². The summed E-state index contributed by atoms with van der Waals surface area (Å²) in [5.41, 5.74) is 0.545. The van der Waals surface area contributed by atoms with Gasteiger partial charge >= 0.3 is 0 Å². The Labute approximate surface area is 120 Å². The van der Waals surface area contributed by atoms with Gasteiger partial charge in [-0.15, -0.1) is 11.3 Å². The molecule has 1 atom stereocenters. The van der Waals surface area contributed by atoms with Crippen LogP contribution in [0.15, 0.2) is 5.38 Å². The Morgan fingerprint density at radius 1 is 1.37 bits per heavy atom. The van der Waals surface area contributed by atoms with Gasteiger partial charge in [0.2, 0.25) is 0 Å². The minimum Gasteiger partial charge on any atom is -0.367 e. The first kappa shape index (κ1) is 14.9. The van der Waals surface area contributed by atoms with E-state index in [0.29, 0.717) is 0 Å². The Hall–Kier alpha value is -0.450. The molecule has 1 saturated heterocycles. The molecule has 19 heavy (non-hydrogen) atoms. The van der Waals surface area contributed by atoms with Crippen LogP contribution in [-0.2, 0) is 10.3 Å². The molecular weight excluding hydrogens is 256 g/mol. The lowest BCUT2D eigenvalue weighted by atomic mass is 9.79. The van der Waals surface area contributed by atoms with Crippen molar-refractivity contribution in [3.05, 3.63) is 16.1 Å². The minimum absolute atomic E-state index is 0.121. The van der Waals surface area contributed by atoms with Crippen molar-refractivity contribution < 1.29 is 4.74 Å². The Bertz CT molecular complexity index is 453. The number of ether oxygens (including phenoxy) is 1. The van der Waals surface area contributed by atoms with Gasteiger partial charge < -0.3 is 10.1 Å². The second kappa shape index (κ2) is 4.83. The van der Waals surface area contributed by atoms with Crippen LogP contribution >= 0.6 is 11.3 Å². The summed E-state index contributed by atoms with van der Waals surface area (Å²) in [4.78, 5) is 4.75. The minimum atomic E-state index is -0.254. The van der Waals surface area contributed by atoms with Gasteiger partial charge in [-0.1, -0.05) is 6.92 Å². The molecule has 2 heterocycles. The lowest BCUT2D eigenvalue weighted by Gasteiger charge is -2.39. The molecule has 2 rings (SSSR count). The first-order valence-electron chi connectivity index (χ1n) is 7.10. The molecular formula is C15H26N2OS. The van der Waals surface area contributed by atoms with Crippen LogP contribution in [0.1, 0.15) is 58.2 Å². The summed E-state index contributed by atoms with van der Waals surface area (Å²) < 4.78 is 6.32. The highest BCUT2D eigenvalue weighted by Crippen LogP contribution is 2.51. The van der Waals surface area contributed by atoms with Crippen molar-refractivity contribution in [3.63, 3.8) is 0 Å². The summed E-state index contributed by atoms with van der Waals surface area (Å²) in [7, 11) is 0. The quantitative estimate of drug-likeness (QED) is 0.916. The smallest absolute Gasteiger partial charge is 0.116 e. The largest absolute Gasteiger partial charge is 0.367 e. The van der Waals surface area contributed by atoms with Crippen LogP contribution in [-0.4, -0.2) is 22.7 Å². The molecule has 108 valence electrons. The van der Waals surface area contributed by atoms with E-state index in [0.717, 1.165) is 30.1 Å². The summed E-state index contributed by atoms with van der Waals surface area (Å²) >= 11 is 1.75. The van der Waals surface area contributed by atoms with Crippen molar-refractivity contribution in [2.75, 3.05) is 6.54 Å². The summed E-state index contributed by atoms with van der Waals surface area (Å²) in [6.45, 7) is 13.9. The number of nitrogens with zero attached hydrogens (tertiary/aromatic N) is 1. The van der Waals surface area contributed by atoms with E-state index >= 15 is 0 Å². The lowest BCUT2D eigenvalue weighted by Crippen LogP contribution is -2.54. The van der Waals surface area contributed by atoms with Crippen molar-refractivity contribution >= 4 is 11.3 Å². The van der Waals surface area contributed by atoms with Gasteiger partial charge in [0.25, 0.3) is 0 Å². The third kappa shape index (κ3) is 2.58.